The van der Waals surface area contributed by atoms with E-state index in [1.807, 2.05) is 5.01 Å². The Hall–Kier alpha value is -1.14. The number of rotatable bonds is 3. The predicted molar refractivity (Wildman–Crippen MR) is 59.1 cm³/mol. The lowest BCUT2D eigenvalue weighted by Gasteiger charge is -2.27. The van der Waals surface area contributed by atoms with Crippen molar-refractivity contribution in [3.8, 4) is 0 Å². The summed E-state index contributed by atoms with van der Waals surface area (Å²) >= 11 is 0. The number of carbonyl (C=O) groups is 2. The SMILES string of the molecule is O=C(O)C1CCC(C(=O)NN2CCCCC2)O1. The first-order valence-electron chi connectivity index (χ1n) is 6.10. The van der Waals surface area contributed by atoms with E-state index in [-0.39, 0.29) is 5.91 Å². The second-order valence-electron chi connectivity index (χ2n) is 4.55. The first-order chi connectivity index (χ1) is 8.16. The van der Waals surface area contributed by atoms with Gasteiger partial charge in [-0.15, -0.1) is 0 Å². The van der Waals surface area contributed by atoms with Crippen molar-refractivity contribution in [2.75, 3.05) is 13.1 Å². The molecule has 2 fully saturated rings. The number of carboxylic acids is 1. The Balaban J connectivity index is 1.78. The summed E-state index contributed by atoms with van der Waals surface area (Å²) in [5, 5.41) is 10.7. The number of carboxylic acid groups (broad SMARTS) is 1. The van der Waals surface area contributed by atoms with Crippen molar-refractivity contribution in [3.63, 3.8) is 0 Å². The summed E-state index contributed by atoms with van der Waals surface area (Å²) in [6.45, 7) is 1.72. The number of ether oxygens (including phenoxy) is 1. The topological polar surface area (TPSA) is 78.9 Å². The van der Waals surface area contributed by atoms with Crippen LogP contribution in [0.2, 0.25) is 0 Å². The Morgan fingerprint density at radius 1 is 1.12 bits per heavy atom. The van der Waals surface area contributed by atoms with Crippen LogP contribution in [0.5, 0.6) is 0 Å². The van der Waals surface area contributed by atoms with Crippen LogP contribution >= 0.6 is 0 Å². The minimum atomic E-state index is -0.988. The Morgan fingerprint density at radius 2 is 1.76 bits per heavy atom. The van der Waals surface area contributed by atoms with Gasteiger partial charge in [-0.25, -0.2) is 9.80 Å². The molecule has 2 unspecified atom stereocenters. The van der Waals surface area contributed by atoms with Gasteiger partial charge in [0, 0.05) is 13.1 Å². The number of amides is 1. The first-order valence-corrected chi connectivity index (χ1v) is 6.10. The number of aliphatic carboxylic acids is 1. The highest BCUT2D eigenvalue weighted by atomic mass is 16.5. The number of hydrazine groups is 1. The Kier molecular flexibility index (Phi) is 3.96. The molecular weight excluding hydrogens is 224 g/mol. The molecule has 0 aliphatic carbocycles. The van der Waals surface area contributed by atoms with Gasteiger partial charge in [0.1, 0.15) is 6.10 Å². The van der Waals surface area contributed by atoms with Crippen LogP contribution in [0, 0.1) is 0 Å². The molecule has 1 amide bonds. The molecule has 0 aromatic heterocycles. The van der Waals surface area contributed by atoms with E-state index in [0.29, 0.717) is 12.8 Å². The Morgan fingerprint density at radius 3 is 2.35 bits per heavy atom. The molecule has 2 saturated heterocycles. The maximum atomic E-state index is 11.8. The van der Waals surface area contributed by atoms with E-state index in [0.717, 1.165) is 25.9 Å². The lowest BCUT2D eigenvalue weighted by atomic mass is 10.1. The first kappa shape index (κ1) is 12.3. The molecule has 17 heavy (non-hydrogen) atoms. The van der Waals surface area contributed by atoms with E-state index < -0.39 is 18.2 Å². The lowest BCUT2D eigenvalue weighted by Crippen LogP contribution is -2.49. The normalized spacial score (nSPS) is 30.1. The van der Waals surface area contributed by atoms with Crippen molar-refractivity contribution in [2.24, 2.45) is 0 Å². The maximum Gasteiger partial charge on any atom is 0.332 e. The van der Waals surface area contributed by atoms with E-state index in [9.17, 15) is 9.59 Å². The monoisotopic (exact) mass is 242 g/mol. The zero-order valence-electron chi connectivity index (χ0n) is 9.72. The number of nitrogens with one attached hydrogen (secondary N) is 1. The van der Waals surface area contributed by atoms with Gasteiger partial charge in [-0.1, -0.05) is 6.42 Å². The second kappa shape index (κ2) is 5.46. The third-order valence-electron chi connectivity index (χ3n) is 3.21. The minimum absolute atomic E-state index is 0.212. The molecule has 6 heteroatoms. The molecule has 0 aromatic rings. The number of hydrogen-bond acceptors (Lipinski definition) is 4. The highest BCUT2D eigenvalue weighted by Crippen LogP contribution is 2.20. The fourth-order valence-electron chi connectivity index (χ4n) is 2.25. The molecule has 2 heterocycles. The standard InChI is InChI=1S/C11H18N2O4/c14-10(12-13-6-2-1-3-7-13)8-4-5-9(17-8)11(15)16/h8-9H,1-7H2,(H,12,14)(H,15,16). The fraction of sp³-hybridized carbons (Fsp3) is 0.818. The molecule has 0 saturated carbocycles. The average molecular weight is 242 g/mol. The van der Waals surface area contributed by atoms with Gasteiger partial charge in [0.05, 0.1) is 0 Å². The van der Waals surface area contributed by atoms with Gasteiger partial charge in [0.15, 0.2) is 6.10 Å². The molecule has 6 nitrogen and oxygen atoms in total. The van der Waals surface area contributed by atoms with E-state index in [4.69, 9.17) is 9.84 Å². The third kappa shape index (κ3) is 3.17. The summed E-state index contributed by atoms with van der Waals surface area (Å²) in [7, 11) is 0. The van der Waals surface area contributed by atoms with Crippen molar-refractivity contribution in [1.82, 2.24) is 10.4 Å². The number of nitrogens with zero attached hydrogens (tertiary/aromatic N) is 1. The number of piperidine rings is 1. The van der Waals surface area contributed by atoms with Crippen LogP contribution in [0.1, 0.15) is 32.1 Å². The highest BCUT2D eigenvalue weighted by molar-refractivity contribution is 5.82. The van der Waals surface area contributed by atoms with Crippen molar-refractivity contribution in [1.29, 1.82) is 0 Å². The van der Waals surface area contributed by atoms with Crippen LogP contribution in [0.15, 0.2) is 0 Å². The zero-order valence-corrected chi connectivity index (χ0v) is 9.72. The molecule has 2 N–H and O–H groups in total. The molecule has 0 spiro atoms. The third-order valence-corrected chi connectivity index (χ3v) is 3.21. The molecule has 0 radical (unpaired) electrons. The largest absolute Gasteiger partial charge is 0.479 e. The second-order valence-corrected chi connectivity index (χ2v) is 4.55. The Labute approximate surface area is 99.9 Å². The smallest absolute Gasteiger partial charge is 0.332 e. The van der Waals surface area contributed by atoms with Crippen molar-refractivity contribution < 1.29 is 19.4 Å². The van der Waals surface area contributed by atoms with E-state index in [1.165, 1.54) is 6.42 Å². The van der Waals surface area contributed by atoms with Gasteiger partial charge in [-0.05, 0) is 25.7 Å². The lowest BCUT2D eigenvalue weighted by molar-refractivity contribution is -0.153. The van der Waals surface area contributed by atoms with Gasteiger partial charge in [0.25, 0.3) is 5.91 Å². The summed E-state index contributed by atoms with van der Waals surface area (Å²) in [4.78, 5) is 22.5. The van der Waals surface area contributed by atoms with Gasteiger partial charge < -0.3 is 9.84 Å². The van der Waals surface area contributed by atoms with E-state index in [1.54, 1.807) is 0 Å². The molecule has 96 valence electrons. The predicted octanol–water partition coefficient (Wildman–Crippen LogP) is 0.136. The molecule has 2 aliphatic heterocycles. The minimum Gasteiger partial charge on any atom is -0.479 e. The molecular formula is C11H18N2O4. The van der Waals surface area contributed by atoms with E-state index in [2.05, 4.69) is 5.43 Å². The van der Waals surface area contributed by atoms with Gasteiger partial charge in [-0.2, -0.15) is 0 Å². The van der Waals surface area contributed by atoms with Crippen molar-refractivity contribution in [3.05, 3.63) is 0 Å². The summed E-state index contributed by atoms with van der Waals surface area (Å²) in [5.74, 6) is -1.20. The summed E-state index contributed by atoms with van der Waals surface area (Å²) in [6, 6.07) is 0. The van der Waals surface area contributed by atoms with Crippen LogP contribution in [0.3, 0.4) is 0 Å². The fourth-order valence-corrected chi connectivity index (χ4v) is 2.25. The number of carbonyl (C=O) groups excluding carboxylic acids is 1. The van der Waals surface area contributed by atoms with Crippen molar-refractivity contribution >= 4 is 11.9 Å². The van der Waals surface area contributed by atoms with Crippen molar-refractivity contribution in [2.45, 2.75) is 44.3 Å². The van der Waals surface area contributed by atoms with E-state index >= 15 is 0 Å². The van der Waals surface area contributed by atoms with Crippen LogP contribution in [-0.2, 0) is 14.3 Å². The van der Waals surface area contributed by atoms with Gasteiger partial charge in [-0.3, -0.25) is 10.2 Å². The molecule has 2 aliphatic rings. The summed E-state index contributed by atoms with van der Waals surface area (Å²) in [6.07, 6.45) is 2.83. The van der Waals surface area contributed by atoms with Crippen LogP contribution in [-0.4, -0.2) is 47.3 Å². The van der Waals surface area contributed by atoms with Gasteiger partial charge in [0.2, 0.25) is 0 Å². The summed E-state index contributed by atoms with van der Waals surface area (Å²) in [5.41, 5.74) is 2.80. The average Bonchev–Trinajstić information content (AvgIpc) is 2.79. The molecule has 2 atom stereocenters. The summed E-state index contributed by atoms with van der Waals surface area (Å²) < 4.78 is 5.19. The Bertz CT molecular complexity index is 302. The zero-order chi connectivity index (χ0) is 12.3. The number of hydrogen-bond donors (Lipinski definition) is 2. The maximum absolute atomic E-state index is 11.8. The molecule has 2 rings (SSSR count). The van der Waals surface area contributed by atoms with Crippen LogP contribution in [0.4, 0.5) is 0 Å². The molecule has 0 aromatic carbocycles. The quantitative estimate of drug-likeness (QED) is 0.735. The van der Waals surface area contributed by atoms with Gasteiger partial charge >= 0.3 is 5.97 Å². The highest BCUT2D eigenvalue weighted by Gasteiger charge is 2.35. The van der Waals surface area contributed by atoms with Crippen LogP contribution in [0.25, 0.3) is 0 Å². The van der Waals surface area contributed by atoms with Crippen LogP contribution < -0.4 is 5.43 Å². The molecule has 0 bridgehead atoms.